The third-order valence-corrected chi connectivity index (χ3v) is 2.16. The van der Waals surface area contributed by atoms with Crippen molar-refractivity contribution in [3.63, 3.8) is 0 Å². The number of aromatic nitrogens is 1. The minimum atomic E-state index is -0.599. The molecule has 0 spiro atoms. The summed E-state index contributed by atoms with van der Waals surface area (Å²) in [4.78, 5) is 24.4. The maximum atomic E-state index is 11.8. The summed E-state index contributed by atoms with van der Waals surface area (Å²) < 4.78 is 0. The Hall–Kier alpha value is -2.68. The van der Waals surface area contributed by atoms with Gasteiger partial charge in [0.1, 0.15) is 17.0 Å². The van der Waals surface area contributed by atoms with Gasteiger partial charge in [0.2, 0.25) is 5.43 Å². The van der Waals surface area contributed by atoms with Gasteiger partial charge in [-0.25, -0.2) is 0 Å². The third-order valence-electron chi connectivity index (χ3n) is 2.16. The molecule has 0 aliphatic rings. The molecule has 86 valence electrons. The van der Waals surface area contributed by atoms with E-state index in [1.54, 1.807) is 6.07 Å². The molecular formula is C11H9N3O3. The highest BCUT2D eigenvalue weighted by atomic mass is 16.6. The quantitative estimate of drug-likeness (QED) is 0.553. The monoisotopic (exact) mass is 231 g/mol. The summed E-state index contributed by atoms with van der Waals surface area (Å²) in [5.74, 6) is 0. The van der Waals surface area contributed by atoms with E-state index in [2.05, 4.69) is 11.6 Å². The van der Waals surface area contributed by atoms with Crippen LogP contribution in [0.15, 0.2) is 23.6 Å². The summed E-state index contributed by atoms with van der Waals surface area (Å²) in [6, 6.07) is 1.71. The minimum Gasteiger partial charge on any atom is -0.354 e. The van der Waals surface area contributed by atoms with Crippen molar-refractivity contribution in [2.75, 3.05) is 0 Å². The Balaban J connectivity index is 4.00. The molecule has 1 heterocycles. The van der Waals surface area contributed by atoms with Gasteiger partial charge in [-0.1, -0.05) is 12.7 Å². The number of aromatic amines is 1. The highest BCUT2D eigenvalue weighted by Gasteiger charge is 2.08. The molecule has 6 nitrogen and oxygen atoms in total. The topological polar surface area (TPSA) is 99.8 Å². The SMILES string of the molecule is C=C/C=c1/c(=O)c(C#N)c[nH]/c1=C(/C)[N+](=O)[O-]. The number of hydrogen-bond acceptors (Lipinski definition) is 4. The lowest BCUT2D eigenvalue weighted by Crippen LogP contribution is -2.44. The van der Waals surface area contributed by atoms with Gasteiger partial charge in [0, 0.05) is 13.1 Å². The van der Waals surface area contributed by atoms with E-state index in [-0.39, 0.29) is 21.8 Å². The van der Waals surface area contributed by atoms with Crippen molar-refractivity contribution in [3.8, 4) is 6.07 Å². The Morgan fingerprint density at radius 1 is 1.71 bits per heavy atom. The zero-order valence-electron chi connectivity index (χ0n) is 9.06. The van der Waals surface area contributed by atoms with Crippen LogP contribution in [-0.2, 0) is 0 Å². The number of nitriles is 1. The number of nitro groups is 1. The second kappa shape index (κ2) is 4.90. The lowest BCUT2D eigenvalue weighted by molar-refractivity contribution is -0.379. The molecule has 0 aromatic carbocycles. The summed E-state index contributed by atoms with van der Waals surface area (Å²) in [6.07, 6.45) is 3.83. The Morgan fingerprint density at radius 2 is 2.35 bits per heavy atom. The molecule has 0 amide bonds. The van der Waals surface area contributed by atoms with Crippen LogP contribution in [0.3, 0.4) is 0 Å². The molecule has 0 fully saturated rings. The van der Waals surface area contributed by atoms with E-state index in [1.807, 2.05) is 0 Å². The smallest absolute Gasteiger partial charge is 0.267 e. The van der Waals surface area contributed by atoms with Crippen LogP contribution in [0, 0.1) is 21.4 Å². The van der Waals surface area contributed by atoms with Crippen LogP contribution in [0.25, 0.3) is 11.8 Å². The maximum Gasteiger partial charge on any atom is 0.267 e. The highest BCUT2D eigenvalue weighted by Crippen LogP contribution is 1.87. The average Bonchev–Trinajstić information content (AvgIpc) is 2.31. The van der Waals surface area contributed by atoms with Gasteiger partial charge < -0.3 is 4.98 Å². The second-order valence-corrected chi connectivity index (χ2v) is 3.18. The van der Waals surface area contributed by atoms with Crippen molar-refractivity contribution in [1.82, 2.24) is 4.98 Å². The van der Waals surface area contributed by atoms with Crippen LogP contribution in [0.4, 0.5) is 0 Å². The van der Waals surface area contributed by atoms with Crippen LogP contribution < -0.4 is 16.0 Å². The van der Waals surface area contributed by atoms with E-state index in [9.17, 15) is 14.9 Å². The van der Waals surface area contributed by atoms with E-state index >= 15 is 0 Å². The summed E-state index contributed by atoms with van der Waals surface area (Å²) in [5, 5.41) is 19.5. The van der Waals surface area contributed by atoms with Crippen LogP contribution in [-0.4, -0.2) is 9.91 Å². The molecule has 0 atom stereocenters. The first-order valence-electron chi connectivity index (χ1n) is 4.62. The highest BCUT2D eigenvalue weighted by molar-refractivity contribution is 5.41. The van der Waals surface area contributed by atoms with E-state index in [0.29, 0.717) is 0 Å². The molecule has 0 aliphatic carbocycles. The predicted octanol–water partition coefficient (Wildman–Crippen LogP) is -0.382. The van der Waals surface area contributed by atoms with Crippen molar-refractivity contribution in [2.45, 2.75) is 6.92 Å². The van der Waals surface area contributed by atoms with E-state index in [4.69, 9.17) is 5.26 Å². The number of pyridine rings is 1. The molecule has 1 aromatic heterocycles. The predicted molar refractivity (Wildman–Crippen MR) is 61.8 cm³/mol. The third kappa shape index (κ3) is 2.29. The summed E-state index contributed by atoms with van der Waals surface area (Å²) in [7, 11) is 0. The number of H-pyrrole nitrogens is 1. The number of nitrogens with one attached hydrogen (secondary N) is 1. The minimum absolute atomic E-state index is 0.0632. The number of hydrogen-bond donors (Lipinski definition) is 1. The van der Waals surface area contributed by atoms with Gasteiger partial charge in [0.25, 0.3) is 5.70 Å². The molecular weight excluding hydrogens is 222 g/mol. The fourth-order valence-corrected chi connectivity index (χ4v) is 1.30. The number of nitrogens with zero attached hydrogens (tertiary/aromatic N) is 2. The second-order valence-electron chi connectivity index (χ2n) is 3.18. The maximum absolute atomic E-state index is 11.8. The van der Waals surface area contributed by atoms with Crippen molar-refractivity contribution in [2.24, 2.45) is 0 Å². The molecule has 0 saturated heterocycles. The van der Waals surface area contributed by atoms with Crippen molar-refractivity contribution in [3.05, 3.63) is 55.3 Å². The lowest BCUT2D eigenvalue weighted by Gasteiger charge is -1.94. The summed E-state index contributed by atoms with van der Waals surface area (Å²) in [5.41, 5.74) is -0.847. The Morgan fingerprint density at radius 3 is 2.82 bits per heavy atom. The van der Waals surface area contributed by atoms with Crippen molar-refractivity contribution in [1.29, 1.82) is 5.26 Å². The fourth-order valence-electron chi connectivity index (χ4n) is 1.30. The molecule has 17 heavy (non-hydrogen) atoms. The molecule has 6 heteroatoms. The molecule has 0 saturated carbocycles. The Kier molecular flexibility index (Phi) is 3.57. The van der Waals surface area contributed by atoms with E-state index in [1.165, 1.54) is 19.1 Å². The average molecular weight is 231 g/mol. The molecule has 1 aromatic rings. The largest absolute Gasteiger partial charge is 0.354 e. The fraction of sp³-hybridized carbons (Fsp3) is 0.0909. The molecule has 1 N–H and O–H groups in total. The van der Waals surface area contributed by atoms with Gasteiger partial charge in [-0.15, -0.1) is 0 Å². The standard InChI is InChI=1S/C11H9N3O3/c1-3-4-9-10(7(2)14(16)17)13-6-8(5-12)11(9)15/h3-4,6,13H,1H2,2H3/b9-4+,10-7-. The molecule has 0 aliphatic heterocycles. The van der Waals surface area contributed by atoms with Crippen LogP contribution in [0.2, 0.25) is 0 Å². The van der Waals surface area contributed by atoms with Crippen LogP contribution in [0.1, 0.15) is 12.5 Å². The first kappa shape index (κ1) is 12.4. The zero-order valence-corrected chi connectivity index (χ0v) is 9.06. The van der Waals surface area contributed by atoms with E-state index in [0.717, 1.165) is 6.20 Å². The Labute approximate surface area is 96.0 Å². The van der Waals surface area contributed by atoms with Gasteiger partial charge >= 0.3 is 0 Å². The molecule has 0 bridgehead atoms. The van der Waals surface area contributed by atoms with Crippen LogP contribution >= 0.6 is 0 Å². The summed E-state index contributed by atoms with van der Waals surface area (Å²) >= 11 is 0. The Bertz CT molecular complexity index is 692. The summed E-state index contributed by atoms with van der Waals surface area (Å²) in [6.45, 7) is 4.70. The van der Waals surface area contributed by atoms with Crippen molar-refractivity contribution >= 4 is 11.8 Å². The van der Waals surface area contributed by atoms with Gasteiger partial charge in [0.15, 0.2) is 0 Å². The van der Waals surface area contributed by atoms with E-state index < -0.39 is 10.4 Å². The molecule has 1 rings (SSSR count). The molecule has 0 radical (unpaired) electrons. The van der Waals surface area contributed by atoms with Crippen LogP contribution in [0.5, 0.6) is 0 Å². The van der Waals surface area contributed by atoms with Gasteiger partial charge in [-0.2, -0.15) is 5.26 Å². The number of allylic oxidation sites excluding steroid dienone is 1. The first-order valence-corrected chi connectivity index (χ1v) is 4.62. The number of rotatable bonds is 2. The van der Waals surface area contributed by atoms with Gasteiger partial charge in [-0.3, -0.25) is 14.9 Å². The zero-order chi connectivity index (χ0) is 13.0. The van der Waals surface area contributed by atoms with Gasteiger partial charge in [-0.05, 0) is 6.08 Å². The normalized spacial score (nSPS) is 12.8. The van der Waals surface area contributed by atoms with Crippen molar-refractivity contribution < 1.29 is 4.92 Å². The first-order chi connectivity index (χ1) is 8.02. The molecule has 0 unspecified atom stereocenters. The van der Waals surface area contributed by atoms with Gasteiger partial charge in [0.05, 0.1) is 10.1 Å². The lowest BCUT2D eigenvalue weighted by atomic mass is 10.2.